The van der Waals surface area contributed by atoms with Crippen LogP contribution >= 0.6 is 0 Å². The van der Waals surface area contributed by atoms with Gasteiger partial charge >= 0.3 is 0 Å². The van der Waals surface area contributed by atoms with E-state index in [1.807, 2.05) is 0 Å². The normalized spacial score (nSPS) is 34.7. The second-order valence-corrected chi connectivity index (χ2v) is 7.23. The van der Waals surface area contributed by atoms with Crippen molar-refractivity contribution in [2.24, 2.45) is 11.3 Å². The number of aliphatic hydroxyl groups is 1. The van der Waals surface area contributed by atoms with E-state index < -0.39 is 0 Å². The Morgan fingerprint density at radius 2 is 1.83 bits per heavy atom. The molecule has 0 radical (unpaired) electrons. The van der Waals surface area contributed by atoms with Crippen LogP contribution in [0.1, 0.15) is 65.7 Å². The lowest BCUT2D eigenvalue weighted by atomic mass is 9.65. The molecule has 0 aromatic heterocycles. The van der Waals surface area contributed by atoms with Gasteiger partial charge in [0.05, 0.1) is 6.10 Å². The molecular formula is C16H31NO. The molecule has 2 aliphatic carbocycles. The number of rotatable bonds is 4. The van der Waals surface area contributed by atoms with Crippen LogP contribution in [-0.2, 0) is 0 Å². The number of nitrogens with zero attached hydrogens (tertiary/aromatic N) is 1. The van der Waals surface area contributed by atoms with Gasteiger partial charge in [-0.25, -0.2) is 0 Å². The molecule has 0 bridgehead atoms. The van der Waals surface area contributed by atoms with Gasteiger partial charge in [0.1, 0.15) is 0 Å². The molecule has 0 aromatic carbocycles. The number of hydrogen-bond donors (Lipinski definition) is 1. The smallest absolute Gasteiger partial charge is 0.0555 e. The summed E-state index contributed by atoms with van der Waals surface area (Å²) in [6.07, 6.45) is 8.48. The molecule has 0 heterocycles. The van der Waals surface area contributed by atoms with Gasteiger partial charge in [0, 0.05) is 12.1 Å². The summed E-state index contributed by atoms with van der Waals surface area (Å²) < 4.78 is 0. The molecule has 18 heavy (non-hydrogen) atoms. The third-order valence-electron chi connectivity index (χ3n) is 5.88. The first kappa shape index (κ1) is 14.3. The van der Waals surface area contributed by atoms with E-state index in [-0.39, 0.29) is 6.10 Å². The maximum Gasteiger partial charge on any atom is 0.0555 e. The van der Waals surface area contributed by atoms with Gasteiger partial charge in [0.25, 0.3) is 0 Å². The second kappa shape index (κ2) is 5.50. The molecule has 2 rings (SSSR count). The SMILES string of the molecule is CCC(C)(C)C1CCC(O)CC1N(C)C1CCC1. The summed E-state index contributed by atoms with van der Waals surface area (Å²) in [5, 5.41) is 10.0. The van der Waals surface area contributed by atoms with Crippen molar-refractivity contribution in [2.75, 3.05) is 7.05 Å². The first-order chi connectivity index (χ1) is 8.45. The Bertz CT molecular complexity index is 272. The highest BCUT2D eigenvalue weighted by molar-refractivity contribution is 4.95. The summed E-state index contributed by atoms with van der Waals surface area (Å²) in [7, 11) is 2.30. The lowest BCUT2D eigenvalue weighted by Crippen LogP contribution is -2.53. The molecule has 0 amide bonds. The van der Waals surface area contributed by atoms with Crippen molar-refractivity contribution in [2.45, 2.75) is 83.9 Å². The third-order valence-corrected chi connectivity index (χ3v) is 5.88. The van der Waals surface area contributed by atoms with E-state index in [1.165, 1.54) is 32.1 Å². The zero-order chi connectivity index (χ0) is 13.3. The predicted molar refractivity (Wildman–Crippen MR) is 76.6 cm³/mol. The lowest BCUT2D eigenvalue weighted by Gasteiger charge is -2.50. The van der Waals surface area contributed by atoms with Gasteiger partial charge < -0.3 is 10.0 Å². The summed E-state index contributed by atoms with van der Waals surface area (Å²) >= 11 is 0. The second-order valence-electron chi connectivity index (χ2n) is 7.23. The number of hydrogen-bond acceptors (Lipinski definition) is 2. The van der Waals surface area contributed by atoms with Crippen LogP contribution in [0, 0.1) is 11.3 Å². The molecule has 2 fully saturated rings. The lowest BCUT2D eigenvalue weighted by molar-refractivity contribution is -0.0353. The van der Waals surface area contributed by atoms with Crippen molar-refractivity contribution in [3.63, 3.8) is 0 Å². The van der Waals surface area contributed by atoms with Gasteiger partial charge in [-0.3, -0.25) is 0 Å². The van der Waals surface area contributed by atoms with Gasteiger partial charge in [-0.15, -0.1) is 0 Å². The topological polar surface area (TPSA) is 23.5 Å². The first-order valence-electron chi connectivity index (χ1n) is 7.85. The van der Waals surface area contributed by atoms with Gasteiger partial charge in [-0.05, 0) is 50.5 Å². The fourth-order valence-electron chi connectivity index (χ4n) is 3.81. The first-order valence-corrected chi connectivity index (χ1v) is 7.85. The minimum absolute atomic E-state index is 0.0681. The van der Waals surface area contributed by atoms with Crippen molar-refractivity contribution in [1.82, 2.24) is 4.90 Å². The maximum atomic E-state index is 10.0. The monoisotopic (exact) mass is 253 g/mol. The Morgan fingerprint density at radius 3 is 2.33 bits per heavy atom. The van der Waals surface area contributed by atoms with Crippen molar-refractivity contribution >= 4 is 0 Å². The van der Waals surface area contributed by atoms with Crippen LogP contribution in [0.3, 0.4) is 0 Å². The molecule has 2 heteroatoms. The molecular weight excluding hydrogens is 222 g/mol. The van der Waals surface area contributed by atoms with E-state index in [1.54, 1.807) is 0 Å². The van der Waals surface area contributed by atoms with Crippen LogP contribution in [0.25, 0.3) is 0 Å². The summed E-state index contributed by atoms with van der Waals surface area (Å²) in [5.74, 6) is 0.747. The maximum absolute atomic E-state index is 10.0. The molecule has 2 nitrogen and oxygen atoms in total. The zero-order valence-corrected chi connectivity index (χ0v) is 12.7. The third kappa shape index (κ3) is 2.75. The van der Waals surface area contributed by atoms with Crippen molar-refractivity contribution in [3.8, 4) is 0 Å². The highest BCUT2D eigenvalue weighted by Gasteiger charge is 2.42. The van der Waals surface area contributed by atoms with E-state index in [4.69, 9.17) is 0 Å². The molecule has 1 N–H and O–H groups in total. The average molecular weight is 253 g/mol. The Hall–Kier alpha value is -0.0800. The minimum atomic E-state index is -0.0681. The summed E-state index contributed by atoms with van der Waals surface area (Å²) in [5.41, 5.74) is 0.406. The fourth-order valence-corrected chi connectivity index (χ4v) is 3.81. The molecule has 3 atom stereocenters. The largest absolute Gasteiger partial charge is 0.393 e. The van der Waals surface area contributed by atoms with Crippen LogP contribution in [0.4, 0.5) is 0 Å². The Balaban J connectivity index is 2.10. The minimum Gasteiger partial charge on any atom is -0.393 e. The van der Waals surface area contributed by atoms with Crippen molar-refractivity contribution in [3.05, 3.63) is 0 Å². The molecule has 0 spiro atoms. The summed E-state index contributed by atoms with van der Waals surface area (Å²) in [6.45, 7) is 7.14. The van der Waals surface area contributed by atoms with Crippen LogP contribution in [0.5, 0.6) is 0 Å². The van der Waals surface area contributed by atoms with Crippen molar-refractivity contribution < 1.29 is 5.11 Å². The predicted octanol–water partition coefficient (Wildman–Crippen LogP) is 3.44. The molecule has 106 valence electrons. The van der Waals surface area contributed by atoms with Gasteiger partial charge in [-0.1, -0.05) is 33.6 Å². The van der Waals surface area contributed by atoms with E-state index >= 15 is 0 Å². The van der Waals surface area contributed by atoms with E-state index in [2.05, 4.69) is 32.7 Å². The standard InChI is InChI=1S/C16H31NO/c1-5-16(2,3)14-10-9-13(18)11-15(14)17(4)12-7-6-8-12/h12-15,18H,5-11H2,1-4H3. The fraction of sp³-hybridized carbons (Fsp3) is 1.00. The quantitative estimate of drug-likeness (QED) is 0.829. The molecule has 3 unspecified atom stereocenters. The molecule has 0 aromatic rings. The van der Waals surface area contributed by atoms with E-state index in [0.29, 0.717) is 11.5 Å². The average Bonchev–Trinajstić information content (AvgIpc) is 2.26. The van der Waals surface area contributed by atoms with Gasteiger partial charge in [0.15, 0.2) is 0 Å². The summed E-state index contributed by atoms with van der Waals surface area (Å²) in [4.78, 5) is 2.61. The molecule has 2 aliphatic rings. The van der Waals surface area contributed by atoms with Crippen LogP contribution in [0.15, 0.2) is 0 Å². The van der Waals surface area contributed by atoms with Gasteiger partial charge in [0.2, 0.25) is 0 Å². The Labute approximate surface area is 113 Å². The number of aliphatic hydroxyl groups excluding tert-OH is 1. The molecule has 0 aliphatic heterocycles. The Kier molecular flexibility index (Phi) is 4.38. The highest BCUT2D eigenvalue weighted by atomic mass is 16.3. The zero-order valence-electron chi connectivity index (χ0n) is 12.7. The summed E-state index contributed by atoms with van der Waals surface area (Å²) in [6, 6.07) is 1.38. The van der Waals surface area contributed by atoms with E-state index in [0.717, 1.165) is 24.8 Å². The van der Waals surface area contributed by atoms with Crippen LogP contribution in [0.2, 0.25) is 0 Å². The van der Waals surface area contributed by atoms with Crippen molar-refractivity contribution in [1.29, 1.82) is 0 Å². The molecule has 0 saturated heterocycles. The van der Waals surface area contributed by atoms with Crippen LogP contribution in [-0.4, -0.2) is 35.2 Å². The van der Waals surface area contributed by atoms with Crippen LogP contribution < -0.4 is 0 Å². The van der Waals surface area contributed by atoms with E-state index in [9.17, 15) is 5.11 Å². The highest BCUT2D eigenvalue weighted by Crippen LogP contribution is 2.44. The Morgan fingerprint density at radius 1 is 1.17 bits per heavy atom. The van der Waals surface area contributed by atoms with Gasteiger partial charge in [-0.2, -0.15) is 0 Å². The molecule has 2 saturated carbocycles.